The van der Waals surface area contributed by atoms with Crippen molar-refractivity contribution < 1.29 is 13.6 Å². The van der Waals surface area contributed by atoms with E-state index in [-0.39, 0.29) is 17.8 Å². The highest BCUT2D eigenvalue weighted by Gasteiger charge is 2.45. The van der Waals surface area contributed by atoms with E-state index in [4.69, 9.17) is 4.42 Å². The first-order chi connectivity index (χ1) is 13.5. The minimum atomic E-state index is -0.321. The van der Waals surface area contributed by atoms with Crippen LogP contribution in [0, 0.1) is 11.2 Å². The van der Waals surface area contributed by atoms with Crippen LogP contribution in [-0.2, 0) is 4.79 Å². The van der Waals surface area contributed by atoms with E-state index < -0.39 is 0 Å². The fraction of sp³-hybridized carbons (Fsp3) is 0.571. The molecule has 1 amide bonds. The highest BCUT2D eigenvalue weighted by Crippen LogP contribution is 2.53. The zero-order valence-corrected chi connectivity index (χ0v) is 16.2. The number of benzene rings is 1. The van der Waals surface area contributed by atoms with Crippen molar-refractivity contribution >= 4 is 11.9 Å². The molecule has 3 fully saturated rings. The highest BCUT2D eigenvalue weighted by molar-refractivity contribution is 5.83. The van der Waals surface area contributed by atoms with Crippen LogP contribution >= 0.6 is 0 Å². The summed E-state index contributed by atoms with van der Waals surface area (Å²) in [6.07, 6.45) is 8.84. The van der Waals surface area contributed by atoms with Gasteiger partial charge in [0.05, 0.1) is 0 Å². The van der Waals surface area contributed by atoms with Crippen molar-refractivity contribution in [3.63, 3.8) is 0 Å². The largest absolute Gasteiger partial charge is 0.411 e. The van der Waals surface area contributed by atoms with Gasteiger partial charge < -0.3 is 14.6 Å². The summed E-state index contributed by atoms with van der Waals surface area (Å²) in [7, 11) is 0. The summed E-state index contributed by atoms with van der Waals surface area (Å²) >= 11 is 0. The van der Waals surface area contributed by atoms with Crippen LogP contribution in [-0.4, -0.2) is 40.1 Å². The molecule has 2 heterocycles. The lowest BCUT2D eigenvalue weighted by Gasteiger charge is -2.33. The van der Waals surface area contributed by atoms with Gasteiger partial charge in [0.2, 0.25) is 12.3 Å². The number of likely N-dealkylation sites (tertiary alicyclic amines) is 1. The van der Waals surface area contributed by atoms with Gasteiger partial charge in [0, 0.05) is 13.1 Å². The Kier molecular flexibility index (Phi) is 5.33. The summed E-state index contributed by atoms with van der Waals surface area (Å²) in [5.74, 6) is 0.716. The summed E-state index contributed by atoms with van der Waals surface area (Å²) < 4.78 is 17.4. The number of rotatable bonds is 4. The third kappa shape index (κ3) is 4.69. The molecule has 2 saturated carbocycles. The average molecular weight is 386 g/mol. The summed E-state index contributed by atoms with van der Waals surface area (Å²) in [6, 6.07) is 6.81. The maximum Gasteiger partial charge on any atom is 0.315 e. The predicted octanol–water partition coefficient (Wildman–Crippen LogP) is 3.98. The summed E-state index contributed by atoms with van der Waals surface area (Å²) in [5.41, 5.74) is 1.89. The number of hydrogen-bond donors (Lipinski definition) is 1. The fourth-order valence-electron chi connectivity index (χ4n) is 3.79. The van der Waals surface area contributed by atoms with Gasteiger partial charge in [0.1, 0.15) is 11.9 Å². The van der Waals surface area contributed by atoms with Crippen LogP contribution < -0.4 is 5.32 Å². The maximum absolute atomic E-state index is 12.4. The first-order valence-corrected chi connectivity index (χ1v) is 10.1. The molecule has 2 aromatic rings. The van der Waals surface area contributed by atoms with Crippen molar-refractivity contribution in [1.29, 1.82) is 0 Å². The summed E-state index contributed by atoms with van der Waals surface area (Å²) in [4.78, 5) is 14.2. The lowest BCUT2D eigenvalue weighted by molar-refractivity contribution is -0.133. The normalized spacial score (nSPS) is 20.9. The molecule has 6 nitrogen and oxygen atoms in total. The van der Waals surface area contributed by atoms with Crippen LogP contribution in [0.15, 0.2) is 35.1 Å². The first kappa shape index (κ1) is 18.9. The SMILES string of the molecule is CC(Nc1nnco1)C(=O)N1CCC2(CC1)CC2.Fc1ccc(C2CC2)cc1. The van der Waals surface area contributed by atoms with Gasteiger partial charge in [-0.05, 0) is 74.5 Å². The van der Waals surface area contributed by atoms with E-state index in [1.54, 1.807) is 0 Å². The number of aromatic nitrogens is 2. The second kappa shape index (κ2) is 7.89. The summed E-state index contributed by atoms with van der Waals surface area (Å²) in [5, 5.41) is 10.2. The predicted molar refractivity (Wildman–Crippen MR) is 103 cm³/mol. The molecule has 1 spiro atoms. The van der Waals surface area contributed by atoms with Gasteiger partial charge in [-0.2, -0.15) is 0 Å². The van der Waals surface area contributed by atoms with E-state index in [0.717, 1.165) is 31.8 Å². The Labute approximate surface area is 164 Å². The number of nitrogens with zero attached hydrogens (tertiary/aromatic N) is 3. The Morgan fingerprint density at radius 3 is 2.43 bits per heavy atom. The Hall–Kier alpha value is -2.44. The molecule has 1 saturated heterocycles. The number of piperidine rings is 1. The van der Waals surface area contributed by atoms with E-state index in [1.165, 1.54) is 49.8 Å². The number of hydrogen-bond acceptors (Lipinski definition) is 5. The Balaban J connectivity index is 0.000000162. The monoisotopic (exact) mass is 386 g/mol. The van der Waals surface area contributed by atoms with Gasteiger partial charge in [0.25, 0.3) is 0 Å². The van der Waals surface area contributed by atoms with Crippen LogP contribution in [0.2, 0.25) is 0 Å². The first-order valence-electron chi connectivity index (χ1n) is 10.1. The van der Waals surface area contributed by atoms with Crippen LogP contribution in [0.1, 0.15) is 56.9 Å². The molecule has 1 aromatic heterocycles. The lowest BCUT2D eigenvalue weighted by atomic mass is 9.93. The van der Waals surface area contributed by atoms with Crippen LogP contribution in [0.5, 0.6) is 0 Å². The van der Waals surface area contributed by atoms with E-state index in [9.17, 15) is 9.18 Å². The topological polar surface area (TPSA) is 71.3 Å². The van der Waals surface area contributed by atoms with Crippen molar-refractivity contribution in [1.82, 2.24) is 15.1 Å². The van der Waals surface area contributed by atoms with Crippen molar-refractivity contribution in [2.75, 3.05) is 18.4 Å². The third-order valence-electron chi connectivity index (χ3n) is 6.08. The fourth-order valence-corrected chi connectivity index (χ4v) is 3.79. The van der Waals surface area contributed by atoms with E-state index >= 15 is 0 Å². The highest BCUT2D eigenvalue weighted by atomic mass is 19.1. The number of carbonyl (C=O) groups excluding carboxylic acids is 1. The molecule has 1 aromatic carbocycles. The average Bonchev–Trinajstić information content (AvgIpc) is 3.64. The lowest BCUT2D eigenvalue weighted by Crippen LogP contribution is -2.45. The minimum Gasteiger partial charge on any atom is -0.411 e. The second-order valence-electron chi connectivity index (χ2n) is 8.26. The molecule has 5 rings (SSSR count). The van der Waals surface area contributed by atoms with Crippen molar-refractivity contribution in [3.05, 3.63) is 42.0 Å². The van der Waals surface area contributed by atoms with Crippen molar-refractivity contribution in [2.24, 2.45) is 5.41 Å². The molecular weight excluding hydrogens is 359 g/mol. The zero-order chi connectivity index (χ0) is 19.6. The molecule has 7 heteroatoms. The molecule has 1 N–H and O–H groups in total. The molecule has 1 atom stereocenters. The molecular formula is C21H27FN4O2. The van der Waals surface area contributed by atoms with E-state index in [2.05, 4.69) is 15.5 Å². The molecule has 28 heavy (non-hydrogen) atoms. The van der Waals surface area contributed by atoms with Gasteiger partial charge in [0.15, 0.2) is 0 Å². The van der Waals surface area contributed by atoms with Gasteiger partial charge in [-0.15, -0.1) is 5.10 Å². The third-order valence-corrected chi connectivity index (χ3v) is 6.08. The van der Waals surface area contributed by atoms with Crippen molar-refractivity contribution in [2.45, 2.75) is 57.4 Å². The number of anilines is 1. The number of amides is 1. The molecule has 0 bridgehead atoms. The van der Waals surface area contributed by atoms with Crippen LogP contribution in [0.4, 0.5) is 10.4 Å². The quantitative estimate of drug-likeness (QED) is 0.861. The van der Waals surface area contributed by atoms with E-state index in [0.29, 0.717) is 11.4 Å². The number of nitrogens with one attached hydrogen (secondary N) is 1. The zero-order valence-electron chi connectivity index (χ0n) is 16.2. The molecule has 150 valence electrons. The van der Waals surface area contributed by atoms with Gasteiger partial charge in [-0.1, -0.05) is 17.2 Å². The van der Waals surface area contributed by atoms with Gasteiger partial charge in [-0.25, -0.2) is 4.39 Å². The Morgan fingerprint density at radius 2 is 1.89 bits per heavy atom. The Bertz CT molecular complexity index is 775. The summed E-state index contributed by atoms with van der Waals surface area (Å²) in [6.45, 7) is 3.59. The van der Waals surface area contributed by atoms with Crippen LogP contribution in [0.3, 0.4) is 0 Å². The molecule has 1 unspecified atom stereocenters. The minimum absolute atomic E-state index is 0.115. The molecule has 0 radical (unpaired) electrons. The molecule has 2 aliphatic carbocycles. The molecule has 3 aliphatic rings. The van der Waals surface area contributed by atoms with Gasteiger partial charge in [-0.3, -0.25) is 4.79 Å². The Morgan fingerprint density at radius 1 is 1.21 bits per heavy atom. The maximum atomic E-state index is 12.4. The van der Waals surface area contributed by atoms with E-state index in [1.807, 2.05) is 24.0 Å². The number of halogens is 1. The van der Waals surface area contributed by atoms with Crippen molar-refractivity contribution in [3.8, 4) is 0 Å². The smallest absolute Gasteiger partial charge is 0.315 e. The van der Waals surface area contributed by atoms with Crippen LogP contribution in [0.25, 0.3) is 0 Å². The second-order valence-corrected chi connectivity index (χ2v) is 8.26. The number of carbonyl (C=O) groups is 1. The molecule has 1 aliphatic heterocycles. The van der Waals surface area contributed by atoms with Gasteiger partial charge >= 0.3 is 6.01 Å². The standard InChI is InChI=1S/C12H18N4O2.C9H9F/c1-9(14-11-15-13-8-18-11)10(17)16-6-4-12(2-3-12)5-7-16;10-9-5-3-8(4-6-9)7-1-2-7/h8-9H,2-7H2,1H3,(H,14,15);3-7H,1-2H2.